The average Bonchev–Trinajstić information content (AvgIpc) is 3.46. The number of hydrogen-bond acceptors (Lipinski definition) is 9. The van der Waals surface area contributed by atoms with Crippen LogP contribution >= 0.6 is 0 Å². The normalized spacial score (nSPS) is 17.5. The number of nitrogens with two attached hydrogens (primary N) is 1. The quantitative estimate of drug-likeness (QED) is 0.327. The summed E-state index contributed by atoms with van der Waals surface area (Å²) >= 11 is 0. The number of aryl methyl sites for hydroxylation is 1. The van der Waals surface area contributed by atoms with E-state index < -0.39 is 35.6 Å². The molecule has 1 saturated heterocycles. The number of nitrogen functional groups attached to an aromatic ring is 1. The maximum Gasteiger partial charge on any atom is 0.321 e. The van der Waals surface area contributed by atoms with E-state index in [4.69, 9.17) is 15.0 Å². The van der Waals surface area contributed by atoms with Gasteiger partial charge in [0, 0.05) is 35.8 Å². The minimum atomic E-state index is -3.04. The second-order valence-electron chi connectivity index (χ2n) is 9.09. The summed E-state index contributed by atoms with van der Waals surface area (Å²) < 4.78 is 38.5. The summed E-state index contributed by atoms with van der Waals surface area (Å²) in [4.78, 5) is 39.3. The van der Waals surface area contributed by atoms with Crippen molar-refractivity contribution in [3.8, 4) is 5.69 Å². The second-order valence-corrected chi connectivity index (χ2v) is 9.09. The van der Waals surface area contributed by atoms with Crippen LogP contribution in [0.2, 0.25) is 0 Å². The van der Waals surface area contributed by atoms with E-state index in [2.05, 4.69) is 15.6 Å². The lowest BCUT2D eigenvalue weighted by Gasteiger charge is -2.37. The van der Waals surface area contributed by atoms with E-state index >= 15 is 0 Å². The van der Waals surface area contributed by atoms with Gasteiger partial charge in [0.15, 0.2) is 28.9 Å². The van der Waals surface area contributed by atoms with Gasteiger partial charge in [-0.2, -0.15) is 8.78 Å². The summed E-state index contributed by atoms with van der Waals surface area (Å²) in [6.07, 6.45) is -0.623. The number of morpholine rings is 1. The molecular formula is C24H23F2N7O6. The zero-order valence-corrected chi connectivity index (χ0v) is 20.7. The Morgan fingerprint density at radius 1 is 1.26 bits per heavy atom. The van der Waals surface area contributed by atoms with E-state index in [9.17, 15) is 28.3 Å². The van der Waals surface area contributed by atoms with E-state index in [1.165, 1.54) is 33.8 Å². The number of anilines is 3. The molecule has 5 rings (SSSR count). The lowest BCUT2D eigenvalue weighted by molar-refractivity contribution is -0.165. The monoisotopic (exact) mass is 543 g/mol. The molecule has 3 aromatic heterocycles. The Morgan fingerprint density at radius 3 is 2.77 bits per heavy atom. The van der Waals surface area contributed by atoms with Gasteiger partial charge in [-0.25, -0.2) is 4.68 Å². The Kier molecular flexibility index (Phi) is 6.40. The molecule has 1 aliphatic rings. The third-order valence-corrected chi connectivity index (χ3v) is 6.35. The van der Waals surface area contributed by atoms with Crippen LogP contribution in [-0.2, 0) is 14.3 Å². The first-order valence-corrected chi connectivity index (χ1v) is 11.7. The van der Waals surface area contributed by atoms with Crippen LogP contribution in [0.3, 0.4) is 0 Å². The van der Waals surface area contributed by atoms with Gasteiger partial charge in [0.2, 0.25) is 0 Å². The number of hydrogen-bond donors (Lipinski definition) is 3. The SMILES string of the molecule is Cc1cc(N2CCO[C@H]([C@@](C)(O)C(=O)Nc3ccc4c(N)noc4c3)C2=O)nn1-c1ccc(=O)n(C(F)F)c1. The zero-order chi connectivity index (χ0) is 28.1. The highest BCUT2D eigenvalue weighted by molar-refractivity contribution is 6.06. The molecule has 0 saturated carbocycles. The molecule has 0 spiro atoms. The third-order valence-electron chi connectivity index (χ3n) is 6.35. The molecule has 2 atom stereocenters. The van der Waals surface area contributed by atoms with Gasteiger partial charge in [-0.3, -0.25) is 23.9 Å². The molecule has 0 bridgehead atoms. The molecule has 4 aromatic rings. The smallest absolute Gasteiger partial charge is 0.321 e. The summed E-state index contributed by atoms with van der Waals surface area (Å²) in [6, 6.07) is 8.44. The predicted octanol–water partition coefficient (Wildman–Crippen LogP) is 1.58. The highest BCUT2D eigenvalue weighted by Crippen LogP contribution is 2.28. The van der Waals surface area contributed by atoms with Crippen LogP contribution in [0, 0.1) is 6.92 Å². The fraction of sp³-hybridized carbons (Fsp3) is 0.292. The van der Waals surface area contributed by atoms with Gasteiger partial charge < -0.3 is 25.4 Å². The van der Waals surface area contributed by atoms with Crippen LogP contribution in [0.5, 0.6) is 0 Å². The first kappa shape index (κ1) is 26.0. The van der Waals surface area contributed by atoms with E-state index in [-0.39, 0.29) is 40.7 Å². The van der Waals surface area contributed by atoms with Crippen LogP contribution in [0.15, 0.2) is 51.9 Å². The highest BCUT2D eigenvalue weighted by Gasteiger charge is 2.49. The number of nitrogens with one attached hydrogen (secondary N) is 1. The number of carbonyl (C=O) groups is 2. The Hall–Kier alpha value is -4.63. The Balaban J connectivity index is 1.37. The molecule has 0 aliphatic carbocycles. The lowest BCUT2D eigenvalue weighted by Crippen LogP contribution is -2.61. The largest absolute Gasteiger partial charge is 0.380 e. The maximum atomic E-state index is 13.4. The summed E-state index contributed by atoms with van der Waals surface area (Å²) in [5, 5.41) is 22.2. The molecule has 15 heteroatoms. The first-order valence-electron chi connectivity index (χ1n) is 11.7. The number of ether oxygens (including phenoxy) is 1. The minimum Gasteiger partial charge on any atom is -0.380 e. The summed E-state index contributed by atoms with van der Waals surface area (Å²) in [5.41, 5.74) is 3.76. The fourth-order valence-electron chi connectivity index (χ4n) is 4.25. The van der Waals surface area contributed by atoms with Crippen molar-refractivity contribution < 1.29 is 32.7 Å². The third kappa shape index (κ3) is 4.61. The Labute approximate surface area is 218 Å². The molecule has 0 radical (unpaired) electrons. The van der Waals surface area contributed by atoms with E-state index in [0.29, 0.717) is 16.7 Å². The molecule has 4 N–H and O–H groups in total. The van der Waals surface area contributed by atoms with Crippen molar-refractivity contribution in [2.75, 3.05) is 29.1 Å². The predicted molar refractivity (Wildman–Crippen MR) is 134 cm³/mol. The number of alkyl halides is 2. The second kappa shape index (κ2) is 9.59. The van der Waals surface area contributed by atoms with Crippen LogP contribution in [-0.4, -0.2) is 61.3 Å². The van der Waals surface area contributed by atoms with E-state index in [0.717, 1.165) is 19.2 Å². The molecule has 39 heavy (non-hydrogen) atoms. The number of nitrogens with zero attached hydrogens (tertiary/aromatic N) is 5. The summed E-state index contributed by atoms with van der Waals surface area (Å²) in [6.45, 7) is -0.219. The molecular weight excluding hydrogens is 520 g/mol. The Bertz CT molecular complexity index is 1640. The number of amides is 2. The number of aromatic nitrogens is 4. The number of fused-ring (bicyclic) bond motifs is 1. The average molecular weight is 543 g/mol. The number of aliphatic hydroxyl groups is 1. The number of benzene rings is 1. The standard InChI is InChI=1S/C24H23F2N7O6/c1-12-9-17(29-33(12)14-4-6-18(34)32(11-14)23(25)26)31-7-8-38-19(21(31)35)24(2,37)22(36)28-13-3-5-15-16(10-13)39-30-20(15)27/h3-6,9-11,19,23,37H,7-8H2,1-2H3,(H2,27,30)(H,28,36)/t19-,24+/m0/s1. The van der Waals surface area contributed by atoms with E-state index in [1.807, 2.05) is 0 Å². The van der Waals surface area contributed by atoms with Crippen molar-refractivity contribution in [3.63, 3.8) is 0 Å². The van der Waals surface area contributed by atoms with Gasteiger partial charge in [-0.15, -0.1) is 5.10 Å². The number of pyridine rings is 1. The van der Waals surface area contributed by atoms with Crippen LogP contribution < -0.4 is 21.5 Å². The first-order chi connectivity index (χ1) is 18.5. The Morgan fingerprint density at radius 2 is 2.03 bits per heavy atom. The van der Waals surface area contributed by atoms with Crippen molar-refractivity contribution >= 4 is 40.1 Å². The fourth-order valence-corrected chi connectivity index (χ4v) is 4.25. The molecule has 2 amide bonds. The van der Waals surface area contributed by atoms with E-state index in [1.54, 1.807) is 13.0 Å². The molecule has 204 valence electrons. The van der Waals surface area contributed by atoms with Crippen LogP contribution in [0.1, 0.15) is 19.2 Å². The van der Waals surface area contributed by atoms with Crippen molar-refractivity contribution in [2.24, 2.45) is 0 Å². The molecule has 1 aliphatic heterocycles. The summed E-state index contributed by atoms with van der Waals surface area (Å²) in [7, 11) is 0. The zero-order valence-electron chi connectivity index (χ0n) is 20.7. The van der Waals surface area contributed by atoms with Crippen molar-refractivity contribution in [2.45, 2.75) is 32.1 Å². The number of halogens is 2. The number of carbonyl (C=O) groups excluding carboxylic acids is 2. The van der Waals surface area contributed by atoms with Crippen molar-refractivity contribution in [3.05, 3.63) is 58.6 Å². The number of rotatable bonds is 6. The molecule has 13 nitrogen and oxygen atoms in total. The minimum absolute atomic E-state index is 0.0225. The molecule has 1 fully saturated rings. The molecule has 4 heterocycles. The van der Waals surface area contributed by atoms with Gasteiger partial charge in [0.05, 0.1) is 24.2 Å². The highest BCUT2D eigenvalue weighted by atomic mass is 19.3. The molecule has 0 unspecified atom stereocenters. The van der Waals surface area contributed by atoms with Crippen molar-refractivity contribution in [1.82, 2.24) is 19.5 Å². The van der Waals surface area contributed by atoms with Crippen molar-refractivity contribution in [1.29, 1.82) is 0 Å². The van der Waals surface area contributed by atoms with Gasteiger partial charge >= 0.3 is 6.55 Å². The van der Waals surface area contributed by atoms with Crippen LogP contribution in [0.4, 0.5) is 26.1 Å². The van der Waals surface area contributed by atoms with Gasteiger partial charge in [-0.05, 0) is 32.0 Å². The maximum absolute atomic E-state index is 13.4. The van der Waals surface area contributed by atoms with Gasteiger partial charge in [0.1, 0.15) is 0 Å². The van der Waals surface area contributed by atoms with Gasteiger partial charge in [-0.1, -0.05) is 5.16 Å². The van der Waals surface area contributed by atoms with Crippen LogP contribution in [0.25, 0.3) is 16.7 Å². The topological polar surface area (TPSA) is 171 Å². The lowest BCUT2D eigenvalue weighted by atomic mass is 9.95. The van der Waals surface area contributed by atoms with Gasteiger partial charge in [0.25, 0.3) is 17.4 Å². The summed E-state index contributed by atoms with van der Waals surface area (Å²) in [5.74, 6) is -1.32. The molecule has 1 aromatic carbocycles.